The SMILES string of the molecule is Cc1cc(NC(C)c2nccs2)ccc1C(=O)O. The second-order valence-corrected chi connectivity index (χ2v) is 5.00. The van der Waals surface area contributed by atoms with Crippen LogP contribution in [0.4, 0.5) is 5.69 Å². The van der Waals surface area contributed by atoms with Crippen LogP contribution in [-0.2, 0) is 0 Å². The second-order valence-electron chi connectivity index (χ2n) is 4.07. The molecule has 2 aromatic rings. The Morgan fingerprint density at radius 1 is 1.50 bits per heavy atom. The summed E-state index contributed by atoms with van der Waals surface area (Å²) >= 11 is 1.59. The Kier molecular flexibility index (Phi) is 3.62. The number of carbonyl (C=O) groups is 1. The number of hydrogen-bond acceptors (Lipinski definition) is 4. The lowest BCUT2D eigenvalue weighted by atomic mass is 10.1. The number of benzene rings is 1. The summed E-state index contributed by atoms with van der Waals surface area (Å²) in [7, 11) is 0. The Balaban J connectivity index is 2.15. The van der Waals surface area contributed by atoms with Crippen LogP contribution in [0.25, 0.3) is 0 Å². The van der Waals surface area contributed by atoms with Crippen molar-refractivity contribution in [3.05, 3.63) is 45.9 Å². The summed E-state index contributed by atoms with van der Waals surface area (Å²) in [6.45, 7) is 3.82. The Morgan fingerprint density at radius 2 is 2.28 bits per heavy atom. The van der Waals surface area contributed by atoms with E-state index >= 15 is 0 Å². The topological polar surface area (TPSA) is 62.2 Å². The smallest absolute Gasteiger partial charge is 0.335 e. The second kappa shape index (κ2) is 5.18. The summed E-state index contributed by atoms with van der Waals surface area (Å²) in [6, 6.07) is 5.35. The molecule has 4 nitrogen and oxygen atoms in total. The minimum Gasteiger partial charge on any atom is -0.478 e. The monoisotopic (exact) mass is 262 g/mol. The maximum atomic E-state index is 10.9. The lowest BCUT2D eigenvalue weighted by Gasteiger charge is -2.13. The van der Waals surface area contributed by atoms with Crippen LogP contribution in [0.3, 0.4) is 0 Å². The molecule has 0 fully saturated rings. The van der Waals surface area contributed by atoms with Crippen molar-refractivity contribution in [3.63, 3.8) is 0 Å². The maximum Gasteiger partial charge on any atom is 0.335 e. The molecule has 0 aliphatic heterocycles. The van der Waals surface area contributed by atoms with E-state index in [4.69, 9.17) is 5.11 Å². The molecule has 2 N–H and O–H groups in total. The first-order valence-corrected chi connectivity index (χ1v) is 6.46. The summed E-state index contributed by atoms with van der Waals surface area (Å²) in [5.41, 5.74) is 1.99. The van der Waals surface area contributed by atoms with Gasteiger partial charge in [0.1, 0.15) is 5.01 Å². The zero-order chi connectivity index (χ0) is 13.1. The van der Waals surface area contributed by atoms with Gasteiger partial charge in [-0.25, -0.2) is 9.78 Å². The predicted octanol–water partition coefficient (Wildman–Crippen LogP) is 3.32. The van der Waals surface area contributed by atoms with Crippen LogP contribution < -0.4 is 5.32 Å². The Hall–Kier alpha value is -1.88. The van der Waals surface area contributed by atoms with E-state index in [0.29, 0.717) is 5.56 Å². The number of carboxylic acids is 1. The lowest BCUT2D eigenvalue weighted by molar-refractivity contribution is 0.0696. The van der Waals surface area contributed by atoms with Gasteiger partial charge in [-0.1, -0.05) is 0 Å². The van der Waals surface area contributed by atoms with E-state index in [9.17, 15) is 4.79 Å². The third kappa shape index (κ3) is 2.68. The molecule has 0 radical (unpaired) electrons. The first kappa shape index (κ1) is 12.6. The van der Waals surface area contributed by atoms with Crippen LogP contribution >= 0.6 is 11.3 Å². The molecule has 0 saturated carbocycles. The van der Waals surface area contributed by atoms with Crippen molar-refractivity contribution in [1.29, 1.82) is 0 Å². The first-order chi connectivity index (χ1) is 8.58. The summed E-state index contributed by atoms with van der Waals surface area (Å²) in [4.78, 5) is 15.2. The largest absolute Gasteiger partial charge is 0.478 e. The fourth-order valence-corrected chi connectivity index (χ4v) is 2.40. The van der Waals surface area contributed by atoms with Crippen molar-refractivity contribution < 1.29 is 9.90 Å². The summed E-state index contributed by atoms with van der Waals surface area (Å²) in [5.74, 6) is -0.896. The Bertz CT molecular complexity index is 552. The lowest BCUT2D eigenvalue weighted by Crippen LogP contribution is -2.07. The van der Waals surface area contributed by atoms with Crippen molar-refractivity contribution in [2.24, 2.45) is 0 Å². The fourth-order valence-electron chi connectivity index (χ4n) is 1.75. The van der Waals surface area contributed by atoms with Gasteiger partial charge < -0.3 is 10.4 Å². The van der Waals surface area contributed by atoms with Crippen molar-refractivity contribution in [3.8, 4) is 0 Å². The summed E-state index contributed by atoms with van der Waals surface area (Å²) in [6.07, 6.45) is 1.77. The van der Waals surface area contributed by atoms with E-state index in [0.717, 1.165) is 16.3 Å². The molecule has 1 heterocycles. The minimum atomic E-state index is -0.896. The van der Waals surface area contributed by atoms with Gasteiger partial charge in [0.05, 0.1) is 11.6 Å². The predicted molar refractivity (Wildman–Crippen MR) is 72.3 cm³/mol. The maximum absolute atomic E-state index is 10.9. The van der Waals surface area contributed by atoms with Gasteiger partial charge in [-0.05, 0) is 37.6 Å². The molecule has 0 aliphatic carbocycles. The van der Waals surface area contributed by atoms with Crippen LogP contribution in [0.2, 0.25) is 0 Å². The zero-order valence-corrected chi connectivity index (χ0v) is 11.0. The number of thiazole rings is 1. The van der Waals surface area contributed by atoms with Gasteiger partial charge in [0.15, 0.2) is 0 Å². The highest BCUT2D eigenvalue weighted by Gasteiger charge is 2.10. The number of nitrogens with zero attached hydrogens (tertiary/aromatic N) is 1. The average molecular weight is 262 g/mol. The molecule has 5 heteroatoms. The Morgan fingerprint density at radius 3 is 2.83 bits per heavy atom. The summed E-state index contributed by atoms with van der Waals surface area (Å²) in [5, 5.41) is 15.2. The molecule has 0 saturated heterocycles. The van der Waals surface area contributed by atoms with E-state index in [1.807, 2.05) is 18.4 Å². The number of aromatic carboxylic acids is 1. The molecule has 1 aromatic carbocycles. The van der Waals surface area contributed by atoms with E-state index in [1.54, 1.807) is 36.6 Å². The van der Waals surface area contributed by atoms with E-state index in [2.05, 4.69) is 10.3 Å². The van der Waals surface area contributed by atoms with E-state index in [1.165, 1.54) is 0 Å². The standard InChI is InChI=1S/C13H14N2O2S/c1-8-7-10(3-4-11(8)13(16)17)15-9(2)12-14-5-6-18-12/h3-7,9,15H,1-2H3,(H,16,17). The molecule has 18 heavy (non-hydrogen) atoms. The number of nitrogens with one attached hydrogen (secondary N) is 1. The highest BCUT2D eigenvalue weighted by molar-refractivity contribution is 7.09. The molecule has 1 atom stereocenters. The molecule has 0 bridgehead atoms. The first-order valence-electron chi connectivity index (χ1n) is 5.58. The van der Waals surface area contributed by atoms with Crippen molar-refractivity contribution >= 4 is 23.0 Å². The van der Waals surface area contributed by atoms with Gasteiger partial charge in [0.2, 0.25) is 0 Å². The number of anilines is 1. The quantitative estimate of drug-likeness (QED) is 0.887. The molecule has 2 rings (SSSR count). The van der Waals surface area contributed by atoms with Crippen molar-refractivity contribution in [1.82, 2.24) is 4.98 Å². The van der Waals surface area contributed by atoms with Gasteiger partial charge in [-0.2, -0.15) is 0 Å². The molecule has 1 aromatic heterocycles. The van der Waals surface area contributed by atoms with Crippen LogP contribution in [0.1, 0.15) is 33.9 Å². The van der Waals surface area contributed by atoms with Gasteiger partial charge in [-0.15, -0.1) is 11.3 Å². The summed E-state index contributed by atoms with van der Waals surface area (Å²) < 4.78 is 0. The van der Waals surface area contributed by atoms with Gasteiger partial charge in [0.25, 0.3) is 0 Å². The highest BCUT2D eigenvalue weighted by Crippen LogP contribution is 2.22. The Labute approximate surface area is 109 Å². The zero-order valence-electron chi connectivity index (χ0n) is 10.2. The van der Waals surface area contributed by atoms with E-state index < -0.39 is 5.97 Å². The van der Waals surface area contributed by atoms with Gasteiger partial charge >= 0.3 is 5.97 Å². The average Bonchev–Trinajstić information content (AvgIpc) is 2.81. The number of hydrogen-bond donors (Lipinski definition) is 2. The van der Waals surface area contributed by atoms with Crippen LogP contribution in [0, 0.1) is 6.92 Å². The number of rotatable bonds is 4. The third-order valence-electron chi connectivity index (χ3n) is 2.66. The molecule has 0 spiro atoms. The van der Waals surface area contributed by atoms with Gasteiger partial charge in [0, 0.05) is 17.3 Å². The molecule has 0 amide bonds. The molecule has 1 unspecified atom stereocenters. The molecular formula is C13H14N2O2S. The van der Waals surface area contributed by atoms with Crippen molar-refractivity contribution in [2.75, 3.05) is 5.32 Å². The van der Waals surface area contributed by atoms with E-state index in [-0.39, 0.29) is 6.04 Å². The number of aryl methyl sites for hydroxylation is 1. The number of aromatic nitrogens is 1. The fraction of sp³-hybridized carbons (Fsp3) is 0.231. The minimum absolute atomic E-state index is 0.111. The number of carboxylic acid groups (broad SMARTS) is 1. The molecule has 94 valence electrons. The molecule has 0 aliphatic rings. The molecular weight excluding hydrogens is 248 g/mol. The normalized spacial score (nSPS) is 12.1. The van der Waals surface area contributed by atoms with Crippen LogP contribution in [0.5, 0.6) is 0 Å². The van der Waals surface area contributed by atoms with Crippen LogP contribution in [-0.4, -0.2) is 16.1 Å². The van der Waals surface area contributed by atoms with Gasteiger partial charge in [-0.3, -0.25) is 0 Å². The van der Waals surface area contributed by atoms with Crippen molar-refractivity contribution in [2.45, 2.75) is 19.9 Å². The highest BCUT2D eigenvalue weighted by atomic mass is 32.1. The third-order valence-corrected chi connectivity index (χ3v) is 3.62. The van der Waals surface area contributed by atoms with Crippen LogP contribution in [0.15, 0.2) is 29.8 Å².